The van der Waals surface area contributed by atoms with E-state index in [9.17, 15) is 4.79 Å². The fraction of sp³-hybridized carbons (Fsp3) is 0.182. The van der Waals surface area contributed by atoms with E-state index < -0.39 is 5.97 Å². The van der Waals surface area contributed by atoms with Gasteiger partial charge in [0, 0.05) is 22.8 Å². The quantitative estimate of drug-likeness (QED) is 0.786. The van der Waals surface area contributed by atoms with E-state index in [1.54, 1.807) is 18.5 Å². The minimum Gasteiger partial charge on any atom is -0.464 e. The summed E-state index contributed by atoms with van der Waals surface area (Å²) in [6.45, 7) is 1.82. The van der Waals surface area contributed by atoms with Crippen LogP contribution in [0, 0.1) is 6.92 Å². The molecule has 2 aromatic heterocycles. The molecule has 0 spiro atoms. The van der Waals surface area contributed by atoms with Gasteiger partial charge >= 0.3 is 5.97 Å². The van der Waals surface area contributed by atoms with Crippen molar-refractivity contribution in [2.75, 3.05) is 7.11 Å². The number of aromatic nitrogens is 2. The summed E-state index contributed by atoms with van der Waals surface area (Å²) in [5.74, 6) is -0.431. The zero-order valence-electron chi connectivity index (χ0n) is 9.23. The molecule has 6 heteroatoms. The molecule has 17 heavy (non-hydrogen) atoms. The molecule has 0 saturated carbocycles. The maximum absolute atomic E-state index is 11.4. The monoisotopic (exact) mass is 268 g/mol. The lowest BCUT2D eigenvalue weighted by molar-refractivity contribution is 0.0594. The lowest BCUT2D eigenvalue weighted by Crippen LogP contribution is -2.03. The number of halogens is 1. The zero-order valence-corrected chi connectivity index (χ0v) is 10.8. The second-order valence-corrected chi connectivity index (χ2v) is 4.95. The Morgan fingerprint density at radius 1 is 1.47 bits per heavy atom. The Balaban J connectivity index is 2.44. The molecule has 0 aliphatic heterocycles. The summed E-state index contributed by atoms with van der Waals surface area (Å²) in [6, 6.07) is 1.76. The van der Waals surface area contributed by atoms with Gasteiger partial charge in [0.15, 0.2) is 5.69 Å². The normalized spacial score (nSPS) is 10.3. The van der Waals surface area contributed by atoms with Gasteiger partial charge in [-0.3, -0.25) is 4.98 Å². The van der Waals surface area contributed by atoms with E-state index in [0.717, 1.165) is 10.4 Å². The molecule has 0 bridgehead atoms. The number of nitrogens with zero attached hydrogens (tertiary/aromatic N) is 2. The molecule has 0 amide bonds. The number of methoxy groups -OCH3 is 1. The number of thiazole rings is 1. The van der Waals surface area contributed by atoms with Crippen LogP contribution in [-0.4, -0.2) is 23.0 Å². The maximum Gasteiger partial charge on any atom is 0.357 e. The fourth-order valence-electron chi connectivity index (χ4n) is 1.33. The molecule has 2 rings (SSSR count). The summed E-state index contributed by atoms with van der Waals surface area (Å²) in [6.07, 6.45) is 3.21. The van der Waals surface area contributed by atoms with Crippen molar-refractivity contribution in [2.45, 2.75) is 6.92 Å². The van der Waals surface area contributed by atoms with Gasteiger partial charge in [0.25, 0.3) is 0 Å². The first-order valence-corrected chi connectivity index (χ1v) is 5.98. The highest BCUT2D eigenvalue weighted by Crippen LogP contribution is 2.28. The molecule has 2 aromatic rings. The van der Waals surface area contributed by atoms with E-state index in [1.165, 1.54) is 18.4 Å². The minimum absolute atomic E-state index is 0.340. The predicted molar refractivity (Wildman–Crippen MR) is 66.4 cm³/mol. The van der Waals surface area contributed by atoms with Gasteiger partial charge < -0.3 is 4.74 Å². The van der Waals surface area contributed by atoms with Crippen molar-refractivity contribution in [1.29, 1.82) is 0 Å². The average Bonchev–Trinajstić information content (AvgIpc) is 2.70. The predicted octanol–water partition coefficient (Wildman–Crippen LogP) is 2.95. The Labute approximate surface area is 107 Å². The van der Waals surface area contributed by atoms with Crippen molar-refractivity contribution in [3.63, 3.8) is 0 Å². The van der Waals surface area contributed by atoms with E-state index in [2.05, 4.69) is 14.7 Å². The lowest BCUT2D eigenvalue weighted by atomic mass is 10.3. The molecule has 0 unspecified atom stereocenters. The van der Waals surface area contributed by atoms with Crippen LogP contribution in [0.15, 0.2) is 18.5 Å². The van der Waals surface area contributed by atoms with E-state index in [4.69, 9.17) is 11.6 Å². The average molecular weight is 269 g/mol. The first-order valence-electron chi connectivity index (χ1n) is 4.78. The number of carbonyl (C=O) groups excluding carboxylic acids is 1. The molecule has 0 N–H and O–H groups in total. The molecule has 88 valence electrons. The fourth-order valence-corrected chi connectivity index (χ4v) is 2.39. The number of rotatable bonds is 2. The zero-order chi connectivity index (χ0) is 12.4. The highest BCUT2D eigenvalue weighted by atomic mass is 35.5. The van der Waals surface area contributed by atoms with Gasteiger partial charge in [0.05, 0.1) is 12.1 Å². The third kappa shape index (κ3) is 2.45. The van der Waals surface area contributed by atoms with Crippen molar-refractivity contribution in [2.24, 2.45) is 0 Å². The second-order valence-electron chi connectivity index (χ2n) is 3.31. The Morgan fingerprint density at radius 2 is 2.24 bits per heavy atom. The summed E-state index contributed by atoms with van der Waals surface area (Å²) in [5.41, 5.74) is 1.13. The molecule has 0 atom stereocenters. The number of esters is 1. The van der Waals surface area contributed by atoms with Crippen LogP contribution in [0.2, 0.25) is 5.02 Å². The van der Waals surface area contributed by atoms with Crippen LogP contribution in [0.4, 0.5) is 0 Å². The summed E-state index contributed by atoms with van der Waals surface area (Å²) < 4.78 is 4.65. The van der Waals surface area contributed by atoms with Crippen molar-refractivity contribution in [1.82, 2.24) is 9.97 Å². The Kier molecular flexibility index (Phi) is 3.40. The van der Waals surface area contributed by atoms with E-state index >= 15 is 0 Å². The summed E-state index contributed by atoms with van der Waals surface area (Å²) in [5, 5.41) is 1.24. The molecular formula is C11H9ClN2O2S. The number of pyridine rings is 1. The number of carbonyl (C=O) groups is 1. The van der Waals surface area contributed by atoms with Crippen LogP contribution in [0.25, 0.3) is 10.6 Å². The van der Waals surface area contributed by atoms with E-state index in [1.807, 2.05) is 6.92 Å². The number of ether oxygens (including phenoxy) is 1. The van der Waals surface area contributed by atoms with Crippen LogP contribution in [0.5, 0.6) is 0 Å². The molecule has 0 fully saturated rings. The number of hydrogen-bond acceptors (Lipinski definition) is 5. The Bertz CT molecular complexity index is 568. The van der Waals surface area contributed by atoms with Crippen molar-refractivity contribution < 1.29 is 9.53 Å². The van der Waals surface area contributed by atoms with Gasteiger partial charge in [0.2, 0.25) is 0 Å². The smallest absolute Gasteiger partial charge is 0.357 e. The molecule has 0 saturated heterocycles. The SMILES string of the molecule is COC(=O)c1nc(-c2cncc(Cl)c2)sc1C. The highest BCUT2D eigenvalue weighted by molar-refractivity contribution is 7.15. The summed E-state index contributed by atoms with van der Waals surface area (Å²) in [4.78, 5) is 20.5. The highest BCUT2D eigenvalue weighted by Gasteiger charge is 2.16. The van der Waals surface area contributed by atoms with Gasteiger partial charge in [-0.25, -0.2) is 9.78 Å². The minimum atomic E-state index is -0.431. The van der Waals surface area contributed by atoms with Crippen molar-refractivity contribution in [3.8, 4) is 10.6 Å². The number of hydrogen-bond donors (Lipinski definition) is 0. The first-order chi connectivity index (χ1) is 8.11. The van der Waals surface area contributed by atoms with Crippen LogP contribution in [0.1, 0.15) is 15.4 Å². The van der Waals surface area contributed by atoms with E-state index in [0.29, 0.717) is 15.7 Å². The third-order valence-electron chi connectivity index (χ3n) is 2.13. The molecule has 0 aromatic carbocycles. The van der Waals surface area contributed by atoms with E-state index in [-0.39, 0.29) is 0 Å². The largest absolute Gasteiger partial charge is 0.464 e. The molecule has 0 aliphatic carbocycles. The second kappa shape index (κ2) is 4.81. The van der Waals surface area contributed by atoms with Gasteiger partial charge in [-0.05, 0) is 13.0 Å². The van der Waals surface area contributed by atoms with Crippen LogP contribution in [-0.2, 0) is 4.74 Å². The van der Waals surface area contributed by atoms with Crippen LogP contribution < -0.4 is 0 Å². The third-order valence-corrected chi connectivity index (χ3v) is 3.35. The topological polar surface area (TPSA) is 52.1 Å². The molecular weight excluding hydrogens is 260 g/mol. The first kappa shape index (κ1) is 12.0. The van der Waals surface area contributed by atoms with Gasteiger partial charge in [0.1, 0.15) is 5.01 Å². The van der Waals surface area contributed by atoms with Gasteiger partial charge in [-0.2, -0.15) is 0 Å². The molecule has 4 nitrogen and oxygen atoms in total. The van der Waals surface area contributed by atoms with Gasteiger partial charge in [-0.1, -0.05) is 11.6 Å². The lowest BCUT2D eigenvalue weighted by Gasteiger charge is -1.95. The molecule has 0 aliphatic rings. The summed E-state index contributed by atoms with van der Waals surface area (Å²) >= 11 is 7.26. The molecule has 0 radical (unpaired) electrons. The number of aryl methyl sites for hydroxylation is 1. The molecule has 2 heterocycles. The maximum atomic E-state index is 11.4. The van der Waals surface area contributed by atoms with Crippen LogP contribution in [0.3, 0.4) is 0 Å². The summed E-state index contributed by atoms with van der Waals surface area (Å²) in [7, 11) is 1.34. The van der Waals surface area contributed by atoms with Gasteiger partial charge in [-0.15, -0.1) is 11.3 Å². The van der Waals surface area contributed by atoms with Crippen molar-refractivity contribution >= 4 is 28.9 Å². The standard InChI is InChI=1S/C11H9ClN2O2S/c1-6-9(11(15)16-2)14-10(17-6)7-3-8(12)5-13-4-7/h3-5H,1-2H3. The van der Waals surface area contributed by atoms with Crippen molar-refractivity contribution in [3.05, 3.63) is 34.1 Å². The Hall–Kier alpha value is -1.46. The Morgan fingerprint density at radius 3 is 2.88 bits per heavy atom. The van der Waals surface area contributed by atoms with Crippen LogP contribution >= 0.6 is 22.9 Å².